The van der Waals surface area contributed by atoms with Crippen LogP contribution in [0, 0.1) is 13.8 Å². The van der Waals surface area contributed by atoms with Crippen LogP contribution in [0.5, 0.6) is 0 Å². The highest BCUT2D eigenvalue weighted by Crippen LogP contribution is 2.33. The fraction of sp³-hybridized carbons (Fsp3) is 0.467. The van der Waals surface area contributed by atoms with Crippen molar-refractivity contribution in [2.45, 2.75) is 32.7 Å². The van der Waals surface area contributed by atoms with Crippen molar-refractivity contribution in [2.75, 3.05) is 64.8 Å². The molecule has 7 nitrogen and oxygen atoms in total. The van der Waals surface area contributed by atoms with E-state index in [2.05, 4.69) is 105 Å². The number of fused-ring (bicyclic) bond motifs is 1. The molecule has 0 spiro atoms. The van der Waals surface area contributed by atoms with Crippen LogP contribution in [0.25, 0.3) is 27.9 Å². The molecular formula is C30H39N7. The van der Waals surface area contributed by atoms with Crippen molar-refractivity contribution < 1.29 is 0 Å². The maximum Gasteiger partial charge on any atom is 0.160 e. The van der Waals surface area contributed by atoms with Gasteiger partial charge in [-0.2, -0.15) is 0 Å². The SMILES string of the molecule is Cc1cc(-c2cc3c(C4=CN(CC5CCCN5C)CC=C4)c[nH]c3nn2)cc(C)c1N1CCN(C)CC1. The zero-order valence-electron chi connectivity index (χ0n) is 22.7. The molecule has 194 valence electrons. The summed E-state index contributed by atoms with van der Waals surface area (Å²) in [5.74, 6) is 0. The minimum absolute atomic E-state index is 0.643. The van der Waals surface area contributed by atoms with Crippen molar-refractivity contribution in [3.8, 4) is 11.3 Å². The number of allylic oxidation sites excluding steroid dienone is 2. The Morgan fingerprint density at radius 1 is 0.973 bits per heavy atom. The predicted octanol–water partition coefficient (Wildman–Crippen LogP) is 4.30. The minimum atomic E-state index is 0.643. The zero-order chi connectivity index (χ0) is 25.5. The van der Waals surface area contributed by atoms with Crippen LogP contribution >= 0.6 is 0 Å². The summed E-state index contributed by atoms with van der Waals surface area (Å²) in [6, 6.07) is 7.41. The van der Waals surface area contributed by atoms with E-state index in [0.29, 0.717) is 6.04 Å². The fourth-order valence-corrected chi connectivity index (χ4v) is 6.31. The molecule has 2 aromatic heterocycles. The average molecular weight is 498 g/mol. The molecule has 3 aliphatic rings. The van der Waals surface area contributed by atoms with Crippen LogP contribution in [0.2, 0.25) is 0 Å². The van der Waals surface area contributed by atoms with E-state index >= 15 is 0 Å². The van der Waals surface area contributed by atoms with Crippen molar-refractivity contribution >= 4 is 22.3 Å². The zero-order valence-corrected chi connectivity index (χ0v) is 22.7. The second kappa shape index (κ2) is 9.95. The van der Waals surface area contributed by atoms with Crippen LogP contribution in [0.4, 0.5) is 5.69 Å². The van der Waals surface area contributed by atoms with Crippen molar-refractivity contribution in [1.29, 1.82) is 0 Å². The number of piperazine rings is 1. The Hall–Kier alpha value is -3.16. The summed E-state index contributed by atoms with van der Waals surface area (Å²) in [5.41, 5.74) is 9.30. The smallest absolute Gasteiger partial charge is 0.160 e. The van der Waals surface area contributed by atoms with Crippen LogP contribution in [0.15, 0.2) is 42.7 Å². The summed E-state index contributed by atoms with van der Waals surface area (Å²) in [5, 5.41) is 10.3. The Balaban J connectivity index is 1.29. The van der Waals surface area contributed by atoms with Crippen LogP contribution in [-0.2, 0) is 0 Å². The van der Waals surface area contributed by atoms with E-state index in [9.17, 15) is 0 Å². The third-order valence-corrected chi connectivity index (χ3v) is 8.43. The lowest BCUT2D eigenvalue weighted by Crippen LogP contribution is -2.45. The molecule has 2 fully saturated rings. The number of likely N-dealkylation sites (N-methyl/N-ethyl adjacent to an activating group) is 2. The lowest BCUT2D eigenvalue weighted by atomic mass is 9.99. The van der Waals surface area contributed by atoms with Crippen LogP contribution in [0.1, 0.15) is 29.5 Å². The molecule has 1 aromatic carbocycles. The maximum atomic E-state index is 4.61. The first-order valence-corrected chi connectivity index (χ1v) is 13.7. The van der Waals surface area contributed by atoms with Crippen LogP contribution < -0.4 is 4.90 Å². The van der Waals surface area contributed by atoms with Gasteiger partial charge in [0, 0.05) is 79.9 Å². The summed E-state index contributed by atoms with van der Waals surface area (Å²) < 4.78 is 0. The molecule has 5 heterocycles. The average Bonchev–Trinajstić information content (AvgIpc) is 3.50. The quantitative estimate of drug-likeness (QED) is 0.567. The van der Waals surface area contributed by atoms with Gasteiger partial charge in [0.1, 0.15) is 0 Å². The molecule has 3 aromatic rings. The summed E-state index contributed by atoms with van der Waals surface area (Å²) in [7, 11) is 4.46. The predicted molar refractivity (Wildman–Crippen MR) is 153 cm³/mol. The molecule has 3 aliphatic heterocycles. The Bertz CT molecular complexity index is 1320. The van der Waals surface area contributed by atoms with Gasteiger partial charge in [0.15, 0.2) is 5.65 Å². The van der Waals surface area contributed by atoms with Crippen molar-refractivity contribution in [2.24, 2.45) is 0 Å². The number of H-pyrrole nitrogens is 1. The van der Waals surface area contributed by atoms with E-state index in [1.807, 2.05) is 0 Å². The lowest BCUT2D eigenvalue weighted by Gasteiger charge is -2.36. The summed E-state index contributed by atoms with van der Waals surface area (Å²) >= 11 is 0. The number of hydrogen-bond acceptors (Lipinski definition) is 6. The highest BCUT2D eigenvalue weighted by molar-refractivity contribution is 5.95. The topological polar surface area (TPSA) is 54.5 Å². The molecule has 6 rings (SSSR count). The summed E-state index contributed by atoms with van der Waals surface area (Å²) in [4.78, 5) is 13.2. The number of aromatic amines is 1. The van der Waals surface area contributed by atoms with Crippen molar-refractivity contribution in [3.63, 3.8) is 0 Å². The molecule has 1 N–H and O–H groups in total. The van der Waals surface area contributed by atoms with Crippen molar-refractivity contribution in [3.05, 3.63) is 59.4 Å². The molecule has 0 saturated carbocycles. The first kappa shape index (κ1) is 24.2. The first-order valence-electron chi connectivity index (χ1n) is 13.7. The van der Waals surface area contributed by atoms with Gasteiger partial charge in [-0.15, -0.1) is 10.2 Å². The normalized spacial score (nSPS) is 21.3. The third kappa shape index (κ3) is 4.78. The number of hydrogen-bond donors (Lipinski definition) is 1. The highest BCUT2D eigenvalue weighted by atomic mass is 15.3. The molecule has 7 heteroatoms. The first-order chi connectivity index (χ1) is 18.0. The Kier molecular flexibility index (Phi) is 6.51. The molecule has 0 aliphatic carbocycles. The van der Waals surface area contributed by atoms with Gasteiger partial charge < -0.3 is 24.6 Å². The van der Waals surface area contributed by atoms with Gasteiger partial charge >= 0.3 is 0 Å². The van der Waals surface area contributed by atoms with Gasteiger partial charge in [0.05, 0.1) is 5.69 Å². The minimum Gasteiger partial charge on any atom is -0.372 e. The third-order valence-electron chi connectivity index (χ3n) is 8.43. The summed E-state index contributed by atoms with van der Waals surface area (Å²) in [6.45, 7) is 12.1. The molecule has 2 saturated heterocycles. The Labute approximate surface area is 220 Å². The van der Waals surface area contributed by atoms with E-state index in [4.69, 9.17) is 0 Å². The monoisotopic (exact) mass is 497 g/mol. The van der Waals surface area contributed by atoms with Gasteiger partial charge in [-0.3, -0.25) is 0 Å². The van der Waals surface area contributed by atoms with E-state index in [-0.39, 0.29) is 0 Å². The van der Waals surface area contributed by atoms with Gasteiger partial charge in [0.25, 0.3) is 0 Å². The highest BCUT2D eigenvalue weighted by Gasteiger charge is 2.24. The molecular weight excluding hydrogens is 458 g/mol. The standard InChI is InChI=1S/C30H39N7/c1-21-15-24(16-22(2)29(21)37-13-11-34(3)12-14-37)28-17-26-27(18-31-30(26)33-32-28)23-7-5-10-36(19-23)20-25-8-6-9-35(25)4/h5,7,15-19,25H,6,8-14,20H2,1-4H3,(H,31,33). The second-order valence-electron chi connectivity index (χ2n) is 11.2. The van der Waals surface area contributed by atoms with Crippen LogP contribution in [-0.4, -0.2) is 95.8 Å². The van der Waals surface area contributed by atoms with Crippen molar-refractivity contribution in [1.82, 2.24) is 29.9 Å². The number of benzene rings is 1. The molecule has 0 radical (unpaired) electrons. The number of aryl methyl sites for hydroxylation is 2. The van der Waals surface area contributed by atoms with Gasteiger partial charge in [-0.1, -0.05) is 12.2 Å². The Morgan fingerprint density at radius 3 is 2.49 bits per heavy atom. The van der Waals surface area contributed by atoms with Gasteiger partial charge in [-0.25, -0.2) is 0 Å². The largest absolute Gasteiger partial charge is 0.372 e. The van der Waals surface area contributed by atoms with Gasteiger partial charge in [-0.05, 0) is 82.2 Å². The molecule has 37 heavy (non-hydrogen) atoms. The van der Waals surface area contributed by atoms with E-state index in [0.717, 1.165) is 61.6 Å². The van der Waals surface area contributed by atoms with E-state index < -0.39 is 0 Å². The number of aromatic nitrogens is 3. The molecule has 0 bridgehead atoms. The van der Waals surface area contributed by atoms with Crippen LogP contribution in [0.3, 0.4) is 0 Å². The number of likely N-dealkylation sites (tertiary alicyclic amines) is 1. The van der Waals surface area contributed by atoms with E-state index in [1.54, 1.807) is 0 Å². The number of nitrogens with zero attached hydrogens (tertiary/aromatic N) is 6. The molecule has 0 amide bonds. The maximum absolute atomic E-state index is 4.61. The van der Waals surface area contributed by atoms with E-state index in [1.165, 1.54) is 47.3 Å². The number of nitrogens with one attached hydrogen (secondary N) is 1. The summed E-state index contributed by atoms with van der Waals surface area (Å²) in [6.07, 6.45) is 11.5. The number of anilines is 1. The fourth-order valence-electron chi connectivity index (χ4n) is 6.31. The second-order valence-corrected chi connectivity index (χ2v) is 11.2. The lowest BCUT2D eigenvalue weighted by molar-refractivity contribution is 0.246. The molecule has 1 unspecified atom stereocenters. The Morgan fingerprint density at radius 2 is 1.76 bits per heavy atom. The number of rotatable bonds is 5. The molecule has 1 atom stereocenters. The van der Waals surface area contributed by atoms with Gasteiger partial charge in [0.2, 0.25) is 0 Å².